The quantitative estimate of drug-likeness (QED) is 0.917. The van der Waals surface area contributed by atoms with Crippen LogP contribution in [-0.4, -0.2) is 44.0 Å². The highest BCUT2D eigenvalue weighted by atomic mass is 35.5. The average Bonchev–Trinajstić information content (AvgIpc) is 2.95. The molecule has 23 heavy (non-hydrogen) atoms. The molecule has 0 saturated carbocycles. The van der Waals surface area contributed by atoms with Crippen molar-refractivity contribution < 1.29 is 4.79 Å². The van der Waals surface area contributed by atoms with Crippen molar-refractivity contribution in [2.45, 2.75) is 6.92 Å². The van der Waals surface area contributed by atoms with Crippen LogP contribution < -0.4 is 10.2 Å². The Morgan fingerprint density at radius 1 is 1.22 bits per heavy atom. The molecule has 1 aromatic heterocycles. The van der Waals surface area contributed by atoms with Gasteiger partial charge in [-0.2, -0.15) is 0 Å². The van der Waals surface area contributed by atoms with E-state index in [9.17, 15) is 4.79 Å². The number of hydrogen-bond donors (Lipinski definition) is 1. The van der Waals surface area contributed by atoms with E-state index >= 15 is 0 Å². The fourth-order valence-corrected chi connectivity index (χ4v) is 3.71. The summed E-state index contributed by atoms with van der Waals surface area (Å²) in [4.78, 5) is 17.9. The van der Waals surface area contributed by atoms with Gasteiger partial charge in [0, 0.05) is 31.2 Å². The fraction of sp³-hybridized carbons (Fsp3) is 0.353. The molecule has 6 heteroatoms. The predicted octanol–water partition coefficient (Wildman–Crippen LogP) is 3.71. The molecule has 0 aliphatic carbocycles. The Balaban J connectivity index is 1.85. The third-order valence-corrected chi connectivity index (χ3v) is 5.37. The molecule has 1 fully saturated rings. The molecule has 0 atom stereocenters. The molecule has 1 N–H and O–H groups in total. The summed E-state index contributed by atoms with van der Waals surface area (Å²) >= 11 is 7.60. The molecular weight excluding hydrogens is 330 g/mol. The Morgan fingerprint density at radius 2 is 1.96 bits per heavy atom. The first-order valence-electron chi connectivity index (χ1n) is 7.63. The van der Waals surface area contributed by atoms with Gasteiger partial charge in [0.15, 0.2) is 0 Å². The molecule has 2 aromatic rings. The first-order valence-corrected chi connectivity index (χ1v) is 8.89. The third-order valence-electron chi connectivity index (χ3n) is 4.12. The molecule has 1 amide bonds. The van der Waals surface area contributed by atoms with E-state index in [0.717, 1.165) is 48.0 Å². The number of nitrogens with one attached hydrogen (secondary N) is 1. The number of benzene rings is 1. The molecule has 0 radical (unpaired) electrons. The van der Waals surface area contributed by atoms with Crippen LogP contribution in [0, 0.1) is 6.92 Å². The highest BCUT2D eigenvalue weighted by molar-refractivity contribution is 7.12. The van der Waals surface area contributed by atoms with Gasteiger partial charge in [-0.25, -0.2) is 0 Å². The summed E-state index contributed by atoms with van der Waals surface area (Å²) in [5.74, 6) is -0.0739. The summed E-state index contributed by atoms with van der Waals surface area (Å²) in [6.07, 6.45) is 0. The molecule has 1 saturated heterocycles. The van der Waals surface area contributed by atoms with Gasteiger partial charge in [-0.15, -0.1) is 11.3 Å². The summed E-state index contributed by atoms with van der Waals surface area (Å²) in [6, 6.07) is 7.65. The number of likely N-dealkylation sites (N-methyl/N-ethyl adjacent to an activating group) is 1. The fourth-order valence-electron chi connectivity index (χ4n) is 2.72. The number of thiophene rings is 1. The van der Waals surface area contributed by atoms with Crippen molar-refractivity contribution in [2.75, 3.05) is 43.4 Å². The van der Waals surface area contributed by atoms with Crippen molar-refractivity contribution in [3.8, 4) is 0 Å². The maximum absolute atomic E-state index is 12.5. The normalized spacial score (nSPS) is 15.7. The molecule has 3 rings (SSSR count). The van der Waals surface area contributed by atoms with Crippen LogP contribution in [-0.2, 0) is 0 Å². The molecule has 4 nitrogen and oxygen atoms in total. The second kappa shape index (κ2) is 6.91. The Bertz CT molecular complexity index is 708. The first-order chi connectivity index (χ1) is 11.0. The van der Waals surface area contributed by atoms with E-state index in [2.05, 4.69) is 22.2 Å². The van der Waals surface area contributed by atoms with Crippen LogP contribution in [0.5, 0.6) is 0 Å². The van der Waals surface area contributed by atoms with Crippen LogP contribution in [0.2, 0.25) is 5.02 Å². The van der Waals surface area contributed by atoms with Crippen LogP contribution in [0.1, 0.15) is 15.2 Å². The molecule has 0 bridgehead atoms. The third kappa shape index (κ3) is 3.68. The summed E-state index contributed by atoms with van der Waals surface area (Å²) < 4.78 is 0. The van der Waals surface area contributed by atoms with Gasteiger partial charge in [0.2, 0.25) is 0 Å². The van der Waals surface area contributed by atoms with Gasteiger partial charge in [0.1, 0.15) is 0 Å². The molecule has 1 aromatic carbocycles. The molecule has 2 heterocycles. The highest BCUT2D eigenvalue weighted by Crippen LogP contribution is 2.31. The number of aryl methyl sites for hydroxylation is 1. The van der Waals surface area contributed by atoms with Gasteiger partial charge in [0.05, 0.1) is 16.3 Å². The van der Waals surface area contributed by atoms with Crippen molar-refractivity contribution in [1.29, 1.82) is 0 Å². The van der Waals surface area contributed by atoms with Crippen LogP contribution in [0.25, 0.3) is 0 Å². The van der Waals surface area contributed by atoms with E-state index in [-0.39, 0.29) is 5.91 Å². The Kier molecular flexibility index (Phi) is 4.90. The van der Waals surface area contributed by atoms with Crippen LogP contribution in [0.4, 0.5) is 11.4 Å². The number of piperazine rings is 1. The number of hydrogen-bond acceptors (Lipinski definition) is 4. The van der Waals surface area contributed by atoms with E-state index in [1.165, 1.54) is 11.3 Å². The van der Waals surface area contributed by atoms with E-state index < -0.39 is 0 Å². The largest absolute Gasteiger partial charge is 0.367 e. The SMILES string of the molecule is Cc1ccsc1C(=O)Nc1cc(Cl)ccc1N1CCN(C)CC1. The average molecular weight is 350 g/mol. The smallest absolute Gasteiger partial charge is 0.266 e. The van der Waals surface area contributed by atoms with Crippen molar-refractivity contribution >= 4 is 40.2 Å². The van der Waals surface area contributed by atoms with Gasteiger partial charge in [-0.1, -0.05) is 11.6 Å². The zero-order chi connectivity index (χ0) is 16.4. The monoisotopic (exact) mass is 349 g/mol. The number of anilines is 2. The molecule has 0 unspecified atom stereocenters. The number of rotatable bonds is 3. The predicted molar refractivity (Wildman–Crippen MR) is 98.2 cm³/mol. The van der Waals surface area contributed by atoms with Crippen LogP contribution in [0.15, 0.2) is 29.6 Å². The maximum Gasteiger partial charge on any atom is 0.266 e. The Hall–Kier alpha value is -1.56. The minimum atomic E-state index is -0.0739. The van der Waals surface area contributed by atoms with Crippen molar-refractivity contribution in [3.05, 3.63) is 45.1 Å². The first kappa shape index (κ1) is 16.3. The summed E-state index contributed by atoms with van der Waals surface area (Å²) in [6.45, 7) is 5.86. The lowest BCUT2D eigenvalue weighted by molar-refractivity contribution is 0.103. The number of carbonyl (C=O) groups is 1. The maximum atomic E-state index is 12.5. The van der Waals surface area contributed by atoms with Crippen molar-refractivity contribution in [2.24, 2.45) is 0 Å². The zero-order valence-corrected chi connectivity index (χ0v) is 14.9. The molecule has 1 aliphatic rings. The molecule has 0 spiro atoms. The van der Waals surface area contributed by atoms with Crippen molar-refractivity contribution in [1.82, 2.24) is 4.90 Å². The number of halogens is 1. The summed E-state index contributed by atoms with van der Waals surface area (Å²) in [7, 11) is 2.13. The summed E-state index contributed by atoms with van der Waals surface area (Å²) in [5.41, 5.74) is 2.81. The lowest BCUT2D eigenvalue weighted by atomic mass is 10.2. The molecular formula is C17H20ClN3OS. The van der Waals surface area contributed by atoms with Gasteiger partial charge in [0.25, 0.3) is 5.91 Å². The lowest BCUT2D eigenvalue weighted by Gasteiger charge is -2.35. The van der Waals surface area contributed by atoms with Gasteiger partial charge >= 0.3 is 0 Å². The topological polar surface area (TPSA) is 35.6 Å². The number of carbonyl (C=O) groups excluding carboxylic acids is 1. The molecule has 122 valence electrons. The zero-order valence-electron chi connectivity index (χ0n) is 13.3. The lowest BCUT2D eigenvalue weighted by Crippen LogP contribution is -2.44. The van der Waals surface area contributed by atoms with E-state index in [4.69, 9.17) is 11.6 Å². The van der Waals surface area contributed by atoms with Crippen LogP contribution in [0.3, 0.4) is 0 Å². The summed E-state index contributed by atoms with van der Waals surface area (Å²) in [5, 5.41) is 5.59. The van der Waals surface area contributed by atoms with E-state index in [0.29, 0.717) is 5.02 Å². The molecule has 1 aliphatic heterocycles. The number of amides is 1. The van der Waals surface area contributed by atoms with Gasteiger partial charge in [-0.05, 0) is 49.2 Å². The van der Waals surface area contributed by atoms with Gasteiger partial charge in [-0.3, -0.25) is 4.79 Å². The highest BCUT2D eigenvalue weighted by Gasteiger charge is 2.19. The van der Waals surface area contributed by atoms with Crippen LogP contribution >= 0.6 is 22.9 Å². The van der Waals surface area contributed by atoms with E-state index in [1.54, 1.807) is 0 Å². The Labute approximate surface area is 145 Å². The standard InChI is InChI=1S/C17H20ClN3OS/c1-12-5-10-23-16(12)17(22)19-14-11-13(18)3-4-15(14)21-8-6-20(2)7-9-21/h3-5,10-11H,6-9H2,1-2H3,(H,19,22). The minimum absolute atomic E-state index is 0.0739. The van der Waals surface area contributed by atoms with Crippen molar-refractivity contribution in [3.63, 3.8) is 0 Å². The second-order valence-electron chi connectivity index (χ2n) is 5.84. The second-order valence-corrected chi connectivity index (χ2v) is 7.19. The Morgan fingerprint density at radius 3 is 2.61 bits per heavy atom. The minimum Gasteiger partial charge on any atom is -0.367 e. The van der Waals surface area contributed by atoms with Gasteiger partial charge < -0.3 is 15.1 Å². The van der Waals surface area contributed by atoms with E-state index in [1.807, 2.05) is 36.6 Å². The number of nitrogens with zero attached hydrogens (tertiary/aromatic N) is 2.